The molecule has 0 radical (unpaired) electrons. The minimum absolute atomic E-state index is 0.118. The molecule has 1 N–H and O–H groups in total. The molecule has 0 spiro atoms. The lowest BCUT2D eigenvalue weighted by atomic mass is 9.92. The zero-order chi connectivity index (χ0) is 15.8. The van der Waals surface area contributed by atoms with E-state index in [0.29, 0.717) is 12.0 Å². The van der Waals surface area contributed by atoms with Gasteiger partial charge in [0.1, 0.15) is 17.8 Å². The number of H-pyrrole nitrogens is 1. The van der Waals surface area contributed by atoms with Crippen molar-refractivity contribution >= 4 is 22.8 Å². The number of aromatic nitrogens is 3. The number of carbonyl (C=O) groups is 1. The van der Waals surface area contributed by atoms with Crippen molar-refractivity contribution in [2.45, 2.75) is 25.8 Å². The highest BCUT2D eigenvalue weighted by Gasteiger charge is 2.40. The summed E-state index contributed by atoms with van der Waals surface area (Å²) < 4.78 is 0. The van der Waals surface area contributed by atoms with Crippen LogP contribution in [0, 0.1) is 5.92 Å². The smallest absolute Gasteiger partial charge is 0.246 e. The highest BCUT2D eigenvalue weighted by Crippen LogP contribution is 2.36. The molecule has 23 heavy (non-hydrogen) atoms. The number of anilines is 1. The number of hydrogen-bond donors (Lipinski definition) is 1. The van der Waals surface area contributed by atoms with E-state index in [9.17, 15) is 4.79 Å². The molecule has 2 aliphatic rings. The van der Waals surface area contributed by atoms with Crippen molar-refractivity contribution in [1.29, 1.82) is 0 Å². The molecule has 120 valence electrons. The number of nitrogens with zero attached hydrogens (tertiary/aromatic N) is 4. The van der Waals surface area contributed by atoms with Crippen LogP contribution in [0.25, 0.3) is 11.0 Å². The van der Waals surface area contributed by atoms with Crippen molar-refractivity contribution in [3.8, 4) is 0 Å². The maximum absolute atomic E-state index is 12.2. The van der Waals surface area contributed by atoms with Crippen LogP contribution in [0.5, 0.6) is 0 Å². The second-order valence-corrected chi connectivity index (χ2v) is 6.32. The summed E-state index contributed by atoms with van der Waals surface area (Å²) in [5.74, 6) is 1.75. The molecule has 0 bridgehead atoms. The first-order valence-electron chi connectivity index (χ1n) is 8.24. The minimum atomic E-state index is 0.118. The van der Waals surface area contributed by atoms with Crippen LogP contribution in [0.15, 0.2) is 30.7 Å². The number of aromatic amines is 1. The molecule has 0 aliphatic carbocycles. The Morgan fingerprint density at radius 2 is 2.22 bits per heavy atom. The summed E-state index contributed by atoms with van der Waals surface area (Å²) in [5.41, 5.74) is 0.871. The van der Waals surface area contributed by atoms with Crippen LogP contribution in [0.1, 0.15) is 19.8 Å². The summed E-state index contributed by atoms with van der Waals surface area (Å²) in [6, 6.07) is 2.38. The van der Waals surface area contributed by atoms with E-state index in [4.69, 9.17) is 0 Å². The van der Waals surface area contributed by atoms with E-state index in [2.05, 4.69) is 19.9 Å². The first-order valence-corrected chi connectivity index (χ1v) is 8.24. The van der Waals surface area contributed by atoms with E-state index in [-0.39, 0.29) is 5.91 Å². The first-order chi connectivity index (χ1) is 11.3. The number of piperidine rings is 1. The van der Waals surface area contributed by atoms with Gasteiger partial charge in [0.15, 0.2) is 0 Å². The van der Waals surface area contributed by atoms with Crippen molar-refractivity contribution in [1.82, 2.24) is 19.9 Å². The van der Waals surface area contributed by atoms with Crippen LogP contribution in [0.2, 0.25) is 0 Å². The molecule has 2 unspecified atom stereocenters. The Morgan fingerprint density at radius 1 is 1.35 bits per heavy atom. The number of allylic oxidation sites excluding steroid dienone is 1. The van der Waals surface area contributed by atoms with Gasteiger partial charge in [-0.2, -0.15) is 0 Å². The second-order valence-electron chi connectivity index (χ2n) is 6.32. The van der Waals surface area contributed by atoms with Crippen LogP contribution < -0.4 is 4.90 Å². The molecule has 2 aromatic rings. The molecule has 2 fully saturated rings. The van der Waals surface area contributed by atoms with E-state index in [0.717, 1.165) is 42.9 Å². The molecule has 0 saturated carbocycles. The summed E-state index contributed by atoms with van der Waals surface area (Å²) in [5, 5.41) is 1.06. The molecular weight excluding hydrogens is 290 g/mol. The fraction of sp³-hybridized carbons (Fsp3) is 0.471. The zero-order valence-corrected chi connectivity index (χ0v) is 13.3. The van der Waals surface area contributed by atoms with Gasteiger partial charge in [-0.15, -0.1) is 0 Å². The summed E-state index contributed by atoms with van der Waals surface area (Å²) in [7, 11) is 0. The predicted octanol–water partition coefficient (Wildman–Crippen LogP) is 1.96. The normalized spacial score (nSPS) is 24.6. The van der Waals surface area contributed by atoms with Crippen LogP contribution >= 0.6 is 0 Å². The lowest BCUT2D eigenvalue weighted by molar-refractivity contribution is -0.127. The molecule has 1 amide bonds. The number of likely N-dealkylation sites (tertiary alicyclic amines) is 1. The zero-order valence-electron chi connectivity index (χ0n) is 13.3. The number of hydrogen-bond acceptors (Lipinski definition) is 4. The Bertz CT molecular complexity index is 752. The topological polar surface area (TPSA) is 65.1 Å². The third-order valence-electron chi connectivity index (χ3n) is 5.09. The van der Waals surface area contributed by atoms with E-state index in [1.165, 1.54) is 6.42 Å². The Kier molecular flexibility index (Phi) is 3.52. The van der Waals surface area contributed by atoms with Crippen molar-refractivity contribution in [2.75, 3.05) is 24.5 Å². The summed E-state index contributed by atoms with van der Waals surface area (Å²) in [4.78, 5) is 28.5. The Balaban J connectivity index is 1.63. The average molecular weight is 311 g/mol. The highest BCUT2D eigenvalue weighted by atomic mass is 16.2. The fourth-order valence-corrected chi connectivity index (χ4v) is 3.94. The number of nitrogens with one attached hydrogen (secondary N) is 1. The Labute approximate surface area is 135 Å². The lowest BCUT2D eigenvalue weighted by Gasteiger charge is -2.38. The van der Waals surface area contributed by atoms with Gasteiger partial charge >= 0.3 is 0 Å². The van der Waals surface area contributed by atoms with Gasteiger partial charge in [-0.3, -0.25) is 4.79 Å². The lowest BCUT2D eigenvalue weighted by Crippen LogP contribution is -2.50. The Morgan fingerprint density at radius 3 is 3.09 bits per heavy atom. The number of carbonyl (C=O) groups excluding carboxylic acids is 1. The van der Waals surface area contributed by atoms with Gasteiger partial charge in [0.2, 0.25) is 5.91 Å². The molecule has 2 atom stereocenters. The molecular formula is C17H21N5O. The van der Waals surface area contributed by atoms with Gasteiger partial charge in [-0.1, -0.05) is 6.08 Å². The van der Waals surface area contributed by atoms with Gasteiger partial charge in [-0.25, -0.2) is 9.97 Å². The van der Waals surface area contributed by atoms with E-state index >= 15 is 0 Å². The van der Waals surface area contributed by atoms with Crippen molar-refractivity contribution < 1.29 is 4.79 Å². The average Bonchev–Trinajstić information content (AvgIpc) is 3.20. The van der Waals surface area contributed by atoms with Crippen molar-refractivity contribution in [2.24, 2.45) is 5.92 Å². The molecule has 2 aliphatic heterocycles. The Hall–Kier alpha value is -2.37. The summed E-state index contributed by atoms with van der Waals surface area (Å²) in [6.07, 6.45) is 9.24. The molecule has 0 aromatic carbocycles. The first kappa shape index (κ1) is 14.2. The third kappa shape index (κ3) is 2.38. The largest absolute Gasteiger partial charge is 0.351 e. The maximum Gasteiger partial charge on any atom is 0.246 e. The molecule has 6 nitrogen and oxygen atoms in total. The summed E-state index contributed by atoms with van der Waals surface area (Å²) in [6.45, 7) is 4.53. The predicted molar refractivity (Wildman–Crippen MR) is 89.1 cm³/mol. The quantitative estimate of drug-likeness (QED) is 0.861. The van der Waals surface area contributed by atoms with Crippen LogP contribution in [0.4, 0.5) is 5.82 Å². The fourth-order valence-electron chi connectivity index (χ4n) is 3.94. The molecule has 4 heterocycles. The van der Waals surface area contributed by atoms with Crippen LogP contribution in [-0.4, -0.2) is 51.4 Å². The van der Waals surface area contributed by atoms with Gasteiger partial charge in [0.25, 0.3) is 0 Å². The van der Waals surface area contributed by atoms with Crippen LogP contribution in [-0.2, 0) is 4.79 Å². The number of rotatable bonds is 2. The van der Waals surface area contributed by atoms with Crippen LogP contribution in [0.3, 0.4) is 0 Å². The number of fused-ring (bicyclic) bond motifs is 2. The van der Waals surface area contributed by atoms with E-state index in [1.54, 1.807) is 12.4 Å². The SMILES string of the molecule is CC=CC(=O)N1CCC2CCN(c3ncnc4[nH]ccc34)C2C1. The highest BCUT2D eigenvalue weighted by molar-refractivity contribution is 5.88. The second kappa shape index (κ2) is 5.68. The molecule has 2 saturated heterocycles. The summed E-state index contributed by atoms with van der Waals surface area (Å²) >= 11 is 0. The minimum Gasteiger partial charge on any atom is -0.351 e. The van der Waals surface area contributed by atoms with Crippen molar-refractivity contribution in [3.63, 3.8) is 0 Å². The van der Waals surface area contributed by atoms with E-state index in [1.807, 2.05) is 30.2 Å². The molecule has 2 aromatic heterocycles. The van der Waals surface area contributed by atoms with Gasteiger partial charge in [-0.05, 0) is 37.8 Å². The van der Waals surface area contributed by atoms with E-state index < -0.39 is 0 Å². The molecule has 4 rings (SSSR count). The van der Waals surface area contributed by atoms with Gasteiger partial charge in [0, 0.05) is 25.8 Å². The monoisotopic (exact) mass is 311 g/mol. The number of amides is 1. The third-order valence-corrected chi connectivity index (χ3v) is 5.09. The standard InChI is InChI=1S/C17H21N5O/c1-2-3-15(23)21-8-5-12-6-9-22(14(12)10-21)17-13-4-7-18-16(13)19-11-20-17/h2-4,7,11-12,14H,5-6,8-10H2,1H3,(H,18,19,20). The molecule has 6 heteroatoms. The maximum atomic E-state index is 12.2. The van der Waals surface area contributed by atoms with Crippen molar-refractivity contribution in [3.05, 3.63) is 30.7 Å². The van der Waals surface area contributed by atoms with Gasteiger partial charge < -0.3 is 14.8 Å². The van der Waals surface area contributed by atoms with Gasteiger partial charge in [0.05, 0.1) is 11.4 Å².